The topological polar surface area (TPSA) is 87.0 Å². The van der Waals surface area contributed by atoms with Crippen LogP contribution in [0, 0.1) is 0 Å². The Bertz CT molecular complexity index is 542. The molecule has 1 aromatic heterocycles. The number of anilines is 1. The van der Waals surface area contributed by atoms with Crippen LogP contribution in [0.1, 0.15) is 12.5 Å². The van der Waals surface area contributed by atoms with E-state index in [1.54, 1.807) is 6.20 Å². The third-order valence-corrected chi connectivity index (χ3v) is 2.55. The molecule has 0 spiro atoms. The summed E-state index contributed by atoms with van der Waals surface area (Å²) >= 11 is 0. The van der Waals surface area contributed by atoms with E-state index in [2.05, 4.69) is 9.97 Å². The molecule has 4 N–H and O–H groups in total. The quantitative estimate of drug-likeness (QED) is 0.852. The molecular formula is C13H16N4O. The third kappa shape index (κ3) is 2.41. The van der Waals surface area contributed by atoms with Crippen LogP contribution < -0.4 is 16.2 Å². The van der Waals surface area contributed by atoms with Gasteiger partial charge in [0.25, 0.3) is 0 Å². The van der Waals surface area contributed by atoms with E-state index in [4.69, 9.17) is 16.2 Å². The van der Waals surface area contributed by atoms with Gasteiger partial charge in [0.1, 0.15) is 11.6 Å². The number of hydrogen-bond donors (Lipinski definition) is 2. The Kier molecular flexibility index (Phi) is 3.74. The first-order chi connectivity index (χ1) is 8.76. The van der Waals surface area contributed by atoms with Crippen LogP contribution in [0.4, 0.5) is 5.82 Å². The van der Waals surface area contributed by atoms with Crippen LogP contribution >= 0.6 is 0 Å². The molecule has 0 amide bonds. The van der Waals surface area contributed by atoms with E-state index in [9.17, 15) is 0 Å². The highest BCUT2D eigenvalue weighted by Gasteiger charge is 2.10. The first-order valence-corrected chi connectivity index (χ1v) is 5.80. The van der Waals surface area contributed by atoms with Crippen LogP contribution in [0.25, 0.3) is 11.4 Å². The second-order valence-corrected chi connectivity index (χ2v) is 3.74. The summed E-state index contributed by atoms with van der Waals surface area (Å²) in [6, 6.07) is 7.61. The minimum Gasteiger partial charge on any atom is -0.493 e. The molecule has 0 aliphatic heterocycles. The van der Waals surface area contributed by atoms with Gasteiger partial charge in [0.05, 0.1) is 12.2 Å². The molecule has 0 saturated carbocycles. The van der Waals surface area contributed by atoms with Crippen LogP contribution in [0.15, 0.2) is 30.5 Å². The standard InChI is InChI=1S/C13H16N4O/c1-2-18-11-6-4-3-5-10(11)13-16-8-9(7-14)12(15)17-13/h3-6,8H,2,7,14H2,1H3,(H2,15,16,17). The number of nitrogens with zero attached hydrogens (tertiary/aromatic N) is 2. The number of nitrogen functional groups attached to an aromatic ring is 1. The largest absolute Gasteiger partial charge is 0.493 e. The molecular weight excluding hydrogens is 228 g/mol. The molecule has 18 heavy (non-hydrogen) atoms. The minimum absolute atomic E-state index is 0.333. The van der Waals surface area contributed by atoms with Crippen LogP contribution in [0.5, 0.6) is 5.75 Å². The SMILES string of the molecule is CCOc1ccccc1-c1ncc(CN)c(N)n1. The average Bonchev–Trinajstić information content (AvgIpc) is 2.40. The fourth-order valence-corrected chi connectivity index (χ4v) is 1.64. The van der Waals surface area contributed by atoms with Gasteiger partial charge >= 0.3 is 0 Å². The van der Waals surface area contributed by atoms with Crippen molar-refractivity contribution in [3.63, 3.8) is 0 Å². The molecule has 5 heteroatoms. The van der Waals surface area contributed by atoms with Crippen molar-refractivity contribution in [2.75, 3.05) is 12.3 Å². The number of para-hydroxylation sites is 1. The maximum atomic E-state index is 5.82. The molecule has 5 nitrogen and oxygen atoms in total. The summed E-state index contributed by atoms with van der Waals surface area (Å²) in [5.74, 6) is 1.71. The summed E-state index contributed by atoms with van der Waals surface area (Å²) in [4.78, 5) is 8.54. The predicted molar refractivity (Wildman–Crippen MR) is 70.9 cm³/mol. The summed E-state index contributed by atoms with van der Waals surface area (Å²) in [7, 11) is 0. The van der Waals surface area contributed by atoms with Crippen molar-refractivity contribution in [3.8, 4) is 17.1 Å². The Labute approximate surface area is 106 Å². The zero-order valence-corrected chi connectivity index (χ0v) is 10.3. The molecule has 2 rings (SSSR count). The fourth-order valence-electron chi connectivity index (χ4n) is 1.64. The number of aromatic nitrogens is 2. The first-order valence-electron chi connectivity index (χ1n) is 5.80. The normalized spacial score (nSPS) is 10.3. The van der Waals surface area contributed by atoms with E-state index in [0.29, 0.717) is 24.8 Å². The predicted octanol–water partition coefficient (Wildman–Crippen LogP) is 1.58. The van der Waals surface area contributed by atoms with E-state index >= 15 is 0 Å². The van der Waals surface area contributed by atoms with E-state index in [1.807, 2.05) is 31.2 Å². The molecule has 0 bridgehead atoms. The molecule has 1 heterocycles. The average molecular weight is 244 g/mol. The van der Waals surface area contributed by atoms with E-state index in [0.717, 1.165) is 16.9 Å². The molecule has 0 radical (unpaired) electrons. The van der Waals surface area contributed by atoms with Crippen molar-refractivity contribution in [1.82, 2.24) is 9.97 Å². The van der Waals surface area contributed by atoms with Crippen molar-refractivity contribution >= 4 is 5.82 Å². The summed E-state index contributed by atoms with van der Waals surface area (Å²) < 4.78 is 5.54. The lowest BCUT2D eigenvalue weighted by atomic mass is 10.2. The highest BCUT2D eigenvalue weighted by Crippen LogP contribution is 2.27. The van der Waals surface area contributed by atoms with Gasteiger partial charge in [0, 0.05) is 18.3 Å². The van der Waals surface area contributed by atoms with Gasteiger partial charge in [0.2, 0.25) is 0 Å². The van der Waals surface area contributed by atoms with Crippen LogP contribution in [-0.4, -0.2) is 16.6 Å². The first kappa shape index (κ1) is 12.3. The van der Waals surface area contributed by atoms with Crippen molar-refractivity contribution in [3.05, 3.63) is 36.0 Å². The van der Waals surface area contributed by atoms with Gasteiger partial charge in [-0.2, -0.15) is 0 Å². The Morgan fingerprint density at radius 2 is 2.06 bits per heavy atom. The number of benzene rings is 1. The van der Waals surface area contributed by atoms with Gasteiger partial charge in [-0.15, -0.1) is 0 Å². The Morgan fingerprint density at radius 3 is 2.72 bits per heavy atom. The van der Waals surface area contributed by atoms with Gasteiger partial charge in [0.15, 0.2) is 5.82 Å². The van der Waals surface area contributed by atoms with Crippen molar-refractivity contribution in [2.24, 2.45) is 5.73 Å². The second-order valence-electron chi connectivity index (χ2n) is 3.74. The van der Waals surface area contributed by atoms with Crippen LogP contribution in [0.2, 0.25) is 0 Å². The lowest BCUT2D eigenvalue weighted by Gasteiger charge is -2.10. The lowest BCUT2D eigenvalue weighted by molar-refractivity contribution is 0.341. The molecule has 1 aromatic carbocycles. The lowest BCUT2D eigenvalue weighted by Crippen LogP contribution is -2.06. The fraction of sp³-hybridized carbons (Fsp3) is 0.231. The number of ether oxygens (including phenoxy) is 1. The maximum absolute atomic E-state index is 5.82. The Balaban J connectivity index is 2.45. The smallest absolute Gasteiger partial charge is 0.165 e. The van der Waals surface area contributed by atoms with Crippen LogP contribution in [0.3, 0.4) is 0 Å². The number of rotatable bonds is 4. The van der Waals surface area contributed by atoms with Gasteiger partial charge in [-0.05, 0) is 19.1 Å². The highest BCUT2D eigenvalue weighted by atomic mass is 16.5. The summed E-state index contributed by atoms with van der Waals surface area (Å²) in [5.41, 5.74) is 12.9. The molecule has 0 saturated heterocycles. The van der Waals surface area contributed by atoms with Crippen molar-refractivity contribution in [2.45, 2.75) is 13.5 Å². The van der Waals surface area contributed by atoms with Gasteiger partial charge in [-0.25, -0.2) is 9.97 Å². The zero-order valence-electron chi connectivity index (χ0n) is 10.3. The Hall–Kier alpha value is -2.14. The number of nitrogens with two attached hydrogens (primary N) is 2. The molecule has 0 unspecified atom stereocenters. The molecule has 2 aromatic rings. The van der Waals surface area contributed by atoms with Gasteiger partial charge in [-0.3, -0.25) is 0 Å². The molecule has 0 aliphatic carbocycles. The molecule has 0 aliphatic rings. The van der Waals surface area contributed by atoms with Crippen molar-refractivity contribution in [1.29, 1.82) is 0 Å². The second kappa shape index (κ2) is 5.46. The van der Waals surface area contributed by atoms with Gasteiger partial charge in [-0.1, -0.05) is 12.1 Å². The molecule has 94 valence electrons. The monoisotopic (exact) mass is 244 g/mol. The number of hydrogen-bond acceptors (Lipinski definition) is 5. The summed E-state index contributed by atoms with van der Waals surface area (Å²) in [6.07, 6.45) is 1.65. The Morgan fingerprint density at radius 1 is 1.28 bits per heavy atom. The highest BCUT2D eigenvalue weighted by molar-refractivity contribution is 5.65. The maximum Gasteiger partial charge on any atom is 0.165 e. The van der Waals surface area contributed by atoms with E-state index in [1.165, 1.54) is 0 Å². The molecule has 0 fully saturated rings. The molecule has 0 atom stereocenters. The van der Waals surface area contributed by atoms with E-state index < -0.39 is 0 Å². The summed E-state index contributed by atoms with van der Waals surface area (Å²) in [6.45, 7) is 2.86. The third-order valence-electron chi connectivity index (χ3n) is 2.55. The van der Waals surface area contributed by atoms with E-state index in [-0.39, 0.29) is 0 Å². The van der Waals surface area contributed by atoms with Gasteiger partial charge < -0.3 is 16.2 Å². The summed E-state index contributed by atoms with van der Waals surface area (Å²) in [5, 5.41) is 0. The van der Waals surface area contributed by atoms with Crippen molar-refractivity contribution < 1.29 is 4.74 Å². The minimum atomic E-state index is 0.333. The van der Waals surface area contributed by atoms with Crippen LogP contribution in [-0.2, 0) is 6.54 Å². The zero-order chi connectivity index (χ0) is 13.0.